The van der Waals surface area contributed by atoms with Crippen LogP contribution in [-0.2, 0) is 17.8 Å². The van der Waals surface area contributed by atoms with E-state index in [0.717, 1.165) is 49.7 Å². The molecule has 1 saturated heterocycles. The lowest BCUT2D eigenvalue weighted by Crippen LogP contribution is -2.36. The third-order valence-corrected chi connectivity index (χ3v) is 5.22. The molecule has 1 aromatic carbocycles. The molecule has 3 rings (SSSR count). The first-order chi connectivity index (χ1) is 11.6. The summed E-state index contributed by atoms with van der Waals surface area (Å²) in [4.78, 5) is 21.1. The van der Waals surface area contributed by atoms with Crippen molar-refractivity contribution in [2.75, 3.05) is 26.2 Å². The number of amides is 1. The van der Waals surface area contributed by atoms with E-state index in [9.17, 15) is 9.90 Å². The molecule has 0 bridgehead atoms. The minimum atomic E-state index is 0.0421. The number of benzene rings is 1. The molecule has 24 heavy (non-hydrogen) atoms. The van der Waals surface area contributed by atoms with Crippen LogP contribution >= 0.6 is 22.9 Å². The highest BCUT2D eigenvalue weighted by Crippen LogP contribution is 2.24. The molecule has 7 heteroatoms. The molecule has 1 aromatic heterocycles. The summed E-state index contributed by atoms with van der Waals surface area (Å²) in [6, 6.07) is 4.93. The smallest absolute Gasteiger partial charge is 0.227 e. The highest BCUT2D eigenvalue weighted by Gasteiger charge is 2.20. The van der Waals surface area contributed by atoms with Crippen molar-refractivity contribution in [3.05, 3.63) is 45.4 Å². The first-order valence-electron chi connectivity index (χ1n) is 7.98. The van der Waals surface area contributed by atoms with Crippen LogP contribution in [-0.4, -0.2) is 52.0 Å². The minimum Gasteiger partial charge on any atom is -0.506 e. The van der Waals surface area contributed by atoms with Gasteiger partial charge in [0.25, 0.3) is 0 Å². The molecule has 0 aliphatic carbocycles. The number of phenolic OH excluding ortho intramolecular Hbond substituents is 1. The number of hydrogen-bond donors (Lipinski definition) is 1. The Labute approximate surface area is 150 Å². The maximum atomic E-state index is 12.5. The molecule has 2 aromatic rings. The van der Waals surface area contributed by atoms with E-state index in [4.69, 9.17) is 11.6 Å². The molecule has 0 spiro atoms. The predicted molar refractivity (Wildman–Crippen MR) is 95.4 cm³/mol. The number of hydrogen-bond acceptors (Lipinski definition) is 5. The molecule has 1 aliphatic heterocycles. The molecule has 0 saturated carbocycles. The van der Waals surface area contributed by atoms with Gasteiger partial charge in [-0.2, -0.15) is 0 Å². The molecule has 0 unspecified atom stereocenters. The van der Waals surface area contributed by atoms with Gasteiger partial charge in [0.2, 0.25) is 5.91 Å². The van der Waals surface area contributed by atoms with E-state index in [-0.39, 0.29) is 16.7 Å². The van der Waals surface area contributed by atoms with Crippen molar-refractivity contribution in [3.63, 3.8) is 0 Å². The van der Waals surface area contributed by atoms with Gasteiger partial charge >= 0.3 is 0 Å². The number of aromatic hydroxyl groups is 1. The highest BCUT2D eigenvalue weighted by molar-refractivity contribution is 7.09. The lowest BCUT2D eigenvalue weighted by atomic mass is 10.1. The average Bonchev–Trinajstić information content (AvgIpc) is 2.95. The lowest BCUT2D eigenvalue weighted by Gasteiger charge is -2.21. The summed E-state index contributed by atoms with van der Waals surface area (Å²) in [5, 5.41) is 12.9. The van der Waals surface area contributed by atoms with E-state index in [1.165, 1.54) is 6.07 Å². The van der Waals surface area contributed by atoms with Gasteiger partial charge in [0.1, 0.15) is 10.8 Å². The zero-order valence-corrected chi connectivity index (χ0v) is 14.9. The van der Waals surface area contributed by atoms with Gasteiger partial charge in [0, 0.05) is 37.8 Å². The Kier molecular flexibility index (Phi) is 5.71. The summed E-state index contributed by atoms with van der Waals surface area (Å²) in [5.41, 5.74) is 0.826. The van der Waals surface area contributed by atoms with Crippen LogP contribution in [0.3, 0.4) is 0 Å². The summed E-state index contributed by atoms with van der Waals surface area (Å²) in [7, 11) is 0. The fourth-order valence-corrected chi connectivity index (χ4v) is 3.71. The number of carbonyl (C=O) groups is 1. The van der Waals surface area contributed by atoms with E-state index in [2.05, 4.69) is 9.88 Å². The number of nitrogens with zero attached hydrogens (tertiary/aromatic N) is 3. The first-order valence-corrected chi connectivity index (χ1v) is 9.23. The molecular weight excluding hydrogens is 346 g/mol. The summed E-state index contributed by atoms with van der Waals surface area (Å²) >= 11 is 7.58. The maximum absolute atomic E-state index is 12.5. The standard InChI is InChI=1S/C17H20ClN3O2S/c18-14-10-13(2-3-15(14)22)11-17(23)21-6-1-5-20(7-8-21)12-16-19-4-9-24-16/h2-4,9-10,22H,1,5-8,11-12H2. The molecule has 1 fully saturated rings. The van der Waals surface area contributed by atoms with Gasteiger partial charge in [-0.3, -0.25) is 9.69 Å². The molecule has 128 valence electrons. The Morgan fingerprint density at radius 2 is 2.17 bits per heavy atom. The van der Waals surface area contributed by atoms with Crippen LogP contribution in [0.4, 0.5) is 0 Å². The number of halogens is 1. The molecule has 5 nitrogen and oxygen atoms in total. The monoisotopic (exact) mass is 365 g/mol. The number of thiazole rings is 1. The van der Waals surface area contributed by atoms with Crippen LogP contribution in [0.1, 0.15) is 17.0 Å². The molecule has 2 heterocycles. The molecular formula is C17H20ClN3O2S. The van der Waals surface area contributed by atoms with E-state index in [0.29, 0.717) is 6.42 Å². The van der Waals surface area contributed by atoms with Crippen molar-refractivity contribution in [3.8, 4) is 5.75 Å². The van der Waals surface area contributed by atoms with Crippen LogP contribution in [0.2, 0.25) is 5.02 Å². The molecule has 1 aliphatic rings. The maximum Gasteiger partial charge on any atom is 0.227 e. The van der Waals surface area contributed by atoms with E-state index in [1.807, 2.05) is 16.5 Å². The Morgan fingerprint density at radius 1 is 1.29 bits per heavy atom. The summed E-state index contributed by atoms with van der Waals surface area (Å²) < 4.78 is 0. The fourth-order valence-electron chi connectivity index (χ4n) is 2.85. The number of rotatable bonds is 4. The average molecular weight is 366 g/mol. The van der Waals surface area contributed by atoms with Gasteiger partial charge in [-0.25, -0.2) is 4.98 Å². The zero-order chi connectivity index (χ0) is 16.9. The number of carbonyl (C=O) groups excluding carboxylic acids is 1. The van der Waals surface area contributed by atoms with Gasteiger partial charge < -0.3 is 10.0 Å². The predicted octanol–water partition coefficient (Wildman–Crippen LogP) is 2.78. The second-order valence-corrected chi connectivity index (χ2v) is 7.29. The minimum absolute atomic E-state index is 0.0421. The van der Waals surface area contributed by atoms with E-state index >= 15 is 0 Å². The zero-order valence-electron chi connectivity index (χ0n) is 13.3. The lowest BCUT2D eigenvalue weighted by molar-refractivity contribution is -0.130. The Bertz CT molecular complexity index is 693. The largest absolute Gasteiger partial charge is 0.506 e. The van der Waals surface area contributed by atoms with Crippen LogP contribution in [0.5, 0.6) is 5.75 Å². The topological polar surface area (TPSA) is 56.7 Å². The van der Waals surface area contributed by atoms with Crippen molar-refractivity contribution < 1.29 is 9.90 Å². The molecule has 1 amide bonds. The number of aromatic nitrogens is 1. The normalized spacial score (nSPS) is 16.1. The summed E-state index contributed by atoms with van der Waals surface area (Å²) in [6.45, 7) is 4.21. The number of phenols is 1. The van der Waals surface area contributed by atoms with Gasteiger partial charge in [-0.1, -0.05) is 17.7 Å². The van der Waals surface area contributed by atoms with Crippen molar-refractivity contribution in [1.29, 1.82) is 0 Å². The fraction of sp³-hybridized carbons (Fsp3) is 0.412. The Morgan fingerprint density at radius 3 is 2.92 bits per heavy atom. The van der Waals surface area contributed by atoms with Crippen LogP contribution in [0.15, 0.2) is 29.8 Å². The van der Waals surface area contributed by atoms with Gasteiger partial charge in [0.15, 0.2) is 0 Å². The third kappa shape index (κ3) is 4.47. The van der Waals surface area contributed by atoms with E-state index in [1.54, 1.807) is 23.5 Å². The quantitative estimate of drug-likeness (QED) is 0.905. The van der Waals surface area contributed by atoms with Crippen molar-refractivity contribution in [2.45, 2.75) is 19.4 Å². The van der Waals surface area contributed by atoms with Crippen LogP contribution < -0.4 is 0 Å². The molecule has 0 radical (unpaired) electrons. The molecule has 0 atom stereocenters. The second-order valence-electron chi connectivity index (χ2n) is 5.90. The van der Waals surface area contributed by atoms with Gasteiger partial charge in [0.05, 0.1) is 18.0 Å². The van der Waals surface area contributed by atoms with Crippen molar-refractivity contribution in [2.24, 2.45) is 0 Å². The van der Waals surface area contributed by atoms with Crippen molar-refractivity contribution in [1.82, 2.24) is 14.8 Å². The van der Waals surface area contributed by atoms with Gasteiger partial charge in [-0.15, -0.1) is 11.3 Å². The highest BCUT2D eigenvalue weighted by atomic mass is 35.5. The van der Waals surface area contributed by atoms with Crippen LogP contribution in [0, 0.1) is 0 Å². The Hall–Kier alpha value is -1.63. The summed E-state index contributed by atoms with van der Waals surface area (Å²) in [6.07, 6.45) is 3.11. The summed E-state index contributed by atoms with van der Waals surface area (Å²) in [5.74, 6) is 0.147. The van der Waals surface area contributed by atoms with Crippen molar-refractivity contribution >= 4 is 28.8 Å². The molecule has 1 N–H and O–H groups in total. The SMILES string of the molecule is O=C(Cc1ccc(O)c(Cl)c1)N1CCCN(Cc2nccs2)CC1. The van der Waals surface area contributed by atoms with E-state index < -0.39 is 0 Å². The van der Waals surface area contributed by atoms with Crippen LogP contribution in [0.25, 0.3) is 0 Å². The van der Waals surface area contributed by atoms with Gasteiger partial charge in [-0.05, 0) is 24.1 Å². The first kappa shape index (κ1) is 17.2. The Balaban J connectivity index is 1.55. The second kappa shape index (κ2) is 7.96. The third-order valence-electron chi connectivity index (χ3n) is 4.15.